The first kappa shape index (κ1) is 15.3. The van der Waals surface area contributed by atoms with E-state index in [1.165, 1.54) is 6.20 Å². The summed E-state index contributed by atoms with van der Waals surface area (Å²) in [4.78, 5) is 29.2. The molecule has 1 aliphatic carbocycles. The number of amides is 1. The average Bonchev–Trinajstić information content (AvgIpc) is 3.41. The fraction of sp³-hybridized carbons (Fsp3) is 0.333. The van der Waals surface area contributed by atoms with Crippen molar-refractivity contribution in [3.63, 3.8) is 0 Å². The van der Waals surface area contributed by atoms with E-state index in [0.29, 0.717) is 5.92 Å². The van der Waals surface area contributed by atoms with Crippen LogP contribution >= 0.6 is 0 Å². The lowest BCUT2D eigenvalue weighted by molar-refractivity contribution is 0.0974. The molecule has 1 unspecified atom stereocenters. The highest BCUT2D eigenvalue weighted by Gasteiger charge is 2.36. The molecule has 1 aliphatic rings. The third-order valence-electron chi connectivity index (χ3n) is 4.33. The lowest BCUT2D eigenvalue weighted by atomic mass is 10.1. The van der Waals surface area contributed by atoms with Gasteiger partial charge in [-0.15, -0.1) is 0 Å². The Morgan fingerprint density at radius 1 is 1.26 bits per heavy atom. The third kappa shape index (κ3) is 3.13. The molecule has 5 nitrogen and oxygen atoms in total. The highest BCUT2D eigenvalue weighted by Crippen LogP contribution is 2.37. The Morgan fingerprint density at radius 3 is 2.52 bits per heavy atom. The molecule has 1 aromatic heterocycles. The molecule has 1 saturated carbocycles. The van der Waals surface area contributed by atoms with Gasteiger partial charge in [-0.05, 0) is 62.1 Å². The number of benzene rings is 1. The molecule has 1 amide bonds. The number of pyridine rings is 1. The van der Waals surface area contributed by atoms with Gasteiger partial charge in [-0.1, -0.05) is 0 Å². The van der Waals surface area contributed by atoms with Crippen molar-refractivity contribution in [2.75, 3.05) is 12.0 Å². The van der Waals surface area contributed by atoms with Crippen molar-refractivity contribution in [2.24, 2.45) is 5.92 Å². The smallest absolute Gasteiger partial charge is 0.264 e. The maximum absolute atomic E-state index is 13.0. The molecule has 0 bridgehead atoms. The maximum Gasteiger partial charge on any atom is 0.264 e. The normalized spacial score (nSPS) is 15.0. The van der Waals surface area contributed by atoms with Crippen LogP contribution in [0.2, 0.25) is 0 Å². The van der Waals surface area contributed by atoms with Crippen molar-refractivity contribution in [3.05, 3.63) is 58.5 Å². The van der Waals surface area contributed by atoms with Crippen LogP contribution in [0.5, 0.6) is 5.75 Å². The number of carbonyl (C=O) groups excluding carboxylic acids is 1. The van der Waals surface area contributed by atoms with E-state index < -0.39 is 0 Å². The molecule has 1 atom stereocenters. The van der Waals surface area contributed by atoms with E-state index in [2.05, 4.69) is 4.98 Å². The quantitative estimate of drug-likeness (QED) is 0.923. The van der Waals surface area contributed by atoms with Crippen molar-refractivity contribution in [2.45, 2.75) is 25.8 Å². The van der Waals surface area contributed by atoms with Gasteiger partial charge < -0.3 is 14.6 Å². The summed E-state index contributed by atoms with van der Waals surface area (Å²) in [6.07, 6.45) is 3.76. The second kappa shape index (κ2) is 6.28. The summed E-state index contributed by atoms with van der Waals surface area (Å²) in [7, 11) is 1.61. The fourth-order valence-corrected chi connectivity index (χ4v) is 2.79. The molecule has 23 heavy (non-hydrogen) atoms. The molecular formula is C18H20N2O3. The van der Waals surface area contributed by atoms with Gasteiger partial charge in [-0.2, -0.15) is 0 Å². The van der Waals surface area contributed by atoms with E-state index in [9.17, 15) is 9.59 Å². The van der Waals surface area contributed by atoms with E-state index in [-0.39, 0.29) is 23.1 Å². The fourth-order valence-electron chi connectivity index (χ4n) is 2.79. The van der Waals surface area contributed by atoms with Crippen LogP contribution in [0.25, 0.3) is 0 Å². The molecule has 1 N–H and O–H groups in total. The summed E-state index contributed by atoms with van der Waals surface area (Å²) in [6.45, 7) is 2.04. The summed E-state index contributed by atoms with van der Waals surface area (Å²) in [5.41, 5.74) is 0.577. The van der Waals surface area contributed by atoms with E-state index in [0.717, 1.165) is 24.3 Å². The van der Waals surface area contributed by atoms with Crippen molar-refractivity contribution in [1.29, 1.82) is 0 Å². The number of ether oxygens (including phenoxy) is 1. The van der Waals surface area contributed by atoms with Crippen LogP contribution in [0.3, 0.4) is 0 Å². The number of H-pyrrole nitrogens is 1. The van der Waals surface area contributed by atoms with Gasteiger partial charge in [0.25, 0.3) is 11.5 Å². The molecule has 1 fully saturated rings. The summed E-state index contributed by atoms with van der Waals surface area (Å²) in [5, 5.41) is 0. The minimum absolute atomic E-state index is 0.0514. The van der Waals surface area contributed by atoms with Crippen LogP contribution in [0.1, 0.15) is 30.1 Å². The van der Waals surface area contributed by atoms with Gasteiger partial charge in [0.2, 0.25) is 0 Å². The molecule has 1 aromatic carbocycles. The van der Waals surface area contributed by atoms with Gasteiger partial charge >= 0.3 is 0 Å². The highest BCUT2D eigenvalue weighted by molar-refractivity contribution is 6.06. The number of aromatic amines is 1. The van der Waals surface area contributed by atoms with Gasteiger partial charge in [0, 0.05) is 17.9 Å². The molecule has 0 saturated heterocycles. The number of carbonyl (C=O) groups is 1. The van der Waals surface area contributed by atoms with Crippen molar-refractivity contribution < 1.29 is 9.53 Å². The van der Waals surface area contributed by atoms with E-state index in [4.69, 9.17) is 4.74 Å². The van der Waals surface area contributed by atoms with Gasteiger partial charge in [0.05, 0.1) is 7.11 Å². The Labute approximate surface area is 134 Å². The number of hydrogen-bond donors (Lipinski definition) is 1. The van der Waals surface area contributed by atoms with Gasteiger partial charge in [0.1, 0.15) is 11.3 Å². The molecule has 1 heterocycles. The van der Waals surface area contributed by atoms with Crippen LogP contribution in [0, 0.1) is 5.92 Å². The standard InChI is InChI=1S/C18H20N2O3/c1-12(13-5-6-13)20(14-7-9-15(23-2)10-8-14)18(22)16-4-3-11-19-17(16)21/h3-4,7-13H,5-6H2,1-2H3,(H,19,21). The zero-order valence-corrected chi connectivity index (χ0v) is 13.3. The lowest BCUT2D eigenvalue weighted by Crippen LogP contribution is -2.42. The van der Waals surface area contributed by atoms with Gasteiger partial charge in [-0.3, -0.25) is 9.59 Å². The van der Waals surface area contributed by atoms with Gasteiger partial charge in [-0.25, -0.2) is 0 Å². The number of aromatic nitrogens is 1. The summed E-state index contributed by atoms with van der Waals surface area (Å²) in [5.74, 6) is 0.957. The average molecular weight is 312 g/mol. The molecule has 0 aliphatic heterocycles. The van der Waals surface area contributed by atoms with E-state index in [1.807, 2.05) is 31.2 Å². The Hall–Kier alpha value is -2.56. The van der Waals surface area contributed by atoms with Crippen LogP contribution in [-0.2, 0) is 0 Å². The Balaban J connectivity index is 1.99. The first-order valence-electron chi connectivity index (χ1n) is 7.77. The molecule has 3 rings (SSSR count). The zero-order chi connectivity index (χ0) is 16.4. The Bertz CT molecular complexity index is 747. The van der Waals surface area contributed by atoms with Crippen LogP contribution in [0.4, 0.5) is 5.69 Å². The lowest BCUT2D eigenvalue weighted by Gasteiger charge is -2.29. The van der Waals surface area contributed by atoms with Crippen molar-refractivity contribution in [3.8, 4) is 5.75 Å². The van der Waals surface area contributed by atoms with Gasteiger partial charge in [0.15, 0.2) is 0 Å². The molecule has 2 aromatic rings. The Kier molecular flexibility index (Phi) is 4.19. The van der Waals surface area contributed by atoms with Crippen molar-refractivity contribution >= 4 is 11.6 Å². The number of hydrogen-bond acceptors (Lipinski definition) is 3. The minimum atomic E-state index is -0.362. The number of methoxy groups -OCH3 is 1. The van der Waals surface area contributed by atoms with E-state index in [1.54, 1.807) is 24.1 Å². The molecule has 120 valence electrons. The van der Waals surface area contributed by atoms with Crippen molar-refractivity contribution in [1.82, 2.24) is 4.98 Å². The zero-order valence-electron chi connectivity index (χ0n) is 13.3. The number of nitrogens with one attached hydrogen (secondary N) is 1. The monoisotopic (exact) mass is 312 g/mol. The first-order chi connectivity index (χ1) is 11.1. The second-order valence-corrected chi connectivity index (χ2v) is 5.86. The maximum atomic E-state index is 13.0. The minimum Gasteiger partial charge on any atom is -0.497 e. The number of rotatable bonds is 5. The number of nitrogens with zero attached hydrogens (tertiary/aromatic N) is 1. The number of anilines is 1. The molecular weight excluding hydrogens is 292 g/mol. The topological polar surface area (TPSA) is 62.4 Å². The molecule has 0 spiro atoms. The largest absolute Gasteiger partial charge is 0.497 e. The summed E-state index contributed by atoms with van der Waals surface area (Å²) >= 11 is 0. The van der Waals surface area contributed by atoms with E-state index >= 15 is 0 Å². The predicted octanol–water partition coefficient (Wildman–Crippen LogP) is 2.83. The summed E-state index contributed by atoms with van der Waals surface area (Å²) in [6, 6.07) is 10.6. The Morgan fingerprint density at radius 2 is 1.96 bits per heavy atom. The SMILES string of the molecule is COc1ccc(N(C(=O)c2ccc[nH]c2=O)C(C)C2CC2)cc1. The van der Waals surface area contributed by atoms with Crippen LogP contribution < -0.4 is 15.2 Å². The van der Waals surface area contributed by atoms with Crippen LogP contribution in [0.15, 0.2) is 47.4 Å². The molecule has 5 heteroatoms. The summed E-state index contributed by atoms with van der Waals surface area (Å²) < 4.78 is 5.17. The third-order valence-corrected chi connectivity index (χ3v) is 4.33. The molecule has 0 radical (unpaired) electrons. The first-order valence-corrected chi connectivity index (χ1v) is 7.77. The second-order valence-electron chi connectivity index (χ2n) is 5.86. The predicted molar refractivity (Wildman–Crippen MR) is 89.1 cm³/mol. The highest BCUT2D eigenvalue weighted by atomic mass is 16.5. The van der Waals surface area contributed by atoms with Crippen LogP contribution in [-0.4, -0.2) is 24.0 Å².